The molecule has 1 aromatic heterocycles. The van der Waals surface area contributed by atoms with Crippen molar-refractivity contribution < 1.29 is 12.8 Å². The molecule has 0 bridgehead atoms. The van der Waals surface area contributed by atoms with Gasteiger partial charge in [-0.15, -0.1) is 0 Å². The van der Waals surface area contributed by atoms with E-state index in [-0.39, 0.29) is 16.3 Å². The summed E-state index contributed by atoms with van der Waals surface area (Å²) in [5, 5.41) is 4.00. The van der Waals surface area contributed by atoms with Crippen LogP contribution in [0.25, 0.3) is 0 Å². The highest BCUT2D eigenvalue weighted by molar-refractivity contribution is 7.90. The van der Waals surface area contributed by atoms with Gasteiger partial charge in [-0.1, -0.05) is 0 Å². The van der Waals surface area contributed by atoms with Gasteiger partial charge in [0.05, 0.1) is 16.8 Å². The molecule has 0 amide bonds. The van der Waals surface area contributed by atoms with Crippen LogP contribution in [0.2, 0.25) is 0 Å². The van der Waals surface area contributed by atoms with Crippen LogP contribution >= 0.6 is 0 Å². The Balaban J connectivity index is 2.31. The molecule has 2 N–H and O–H groups in total. The predicted octanol–water partition coefficient (Wildman–Crippen LogP) is 1.60. The van der Waals surface area contributed by atoms with Crippen molar-refractivity contribution in [2.45, 2.75) is 24.1 Å². The van der Waals surface area contributed by atoms with Crippen LogP contribution in [0.4, 0.5) is 10.1 Å². The molecular formula is C12H14FN3O2S. The van der Waals surface area contributed by atoms with Gasteiger partial charge < -0.3 is 5.73 Å². The topological polar surface area (TPSA) is 78.0 Å². The number of hydrogen-bond acceptors (Lipinski definition) is 4. The van der Waals surface area contributed by atoms with E-state index in [1.165, 1.54) is 12.3 Å². The number of aryl methyl sites for hydroxylation is 1. The molecule has 0 aliphatic rings. The molecule has 2 rings (SSSR count). The number of nitrogens with zero attached hydrogens (tertiary/aromatic N) is 2. The Labute approximate surface area is 110 Å². The second kappa shape index (κ2) is 5.00. The zero-order valence-electron chi connectivity index (χ0n) is 10.4. The van der Waals surface area contributed by atoms with Gasteiger partial charge in [0.15, 0.2) is 9.84 Å². The Kier molecular flexibility index (Phi) is 3.57. The molecule has 0 saturated heterocycles. The lowest BCUT2D eigenvalue weighted by atomic mass is 10.3. The quantitative estimate of drug-likeness (QED) is 0.864. The highest BCUT2D eigenvalue weighted by atomic mass is 32.2. The van der Waals surface area contributed by atoms with Gasteiger partial charge in [-0.2, -0.15) is 5.10 Å². The lowest BCUT2D eigenvalue weighted by Gasteiger charge is -2.04. The van der Waals surface area contributed by atoms with Crippen LogP contribution in [0, 0.1) is 5.82 Å². The summed E-state index contributed by atoms with van der Waals surface area (Å²) in [6.07, 6.45) is 3.14. The molecule has 1 aromatic carbocycles. The van der Waals surface area contributed by atoms with Crippen LogP contribution in [0.1, 0.15) is 12.5 Å². The van der Waals surface area contributed by atoms with Gasteiger partial charge in [0.2, 0.25) is 0 Å². The summed E-state index contributed by atoms with van der Waals surface area (Å²) < 4.78 is 39.1. The fourth-order valence-electron chi connectivity index (χ4n) is 1.72. The van der Waals surface area contributed by atoms with Crippen molar-refractivity contribution in [3.63, 3.8) is 0 Å². The second-order valence-corrected chi connectivity index (χ2v) is 6.17. The molecule has 2 aromatic rings. The first kappa shape index (κ1) is 13.5. The van der Waals surface area contributed by atoms with Crippen LogP contribution in [0.3, 0.4) is 0 Å². The molecule has 0 atom stereocenters. The number of aromatic nitrogens is 2. The average molecular weight is 283 g/mol. The maximum atomic E-state index is 13.2. The molecule has 5 nitrogen and oxygen atoms in total. The van der Waals surface area contributed by atoms with E-state index in [4.69, 9.17) is 5.73 Å². The van der Waals surface area contributed by atoms with Gasteiger partial charge in [0.1, 0.15) is 5.82 Å². The van der Waals surface area contributed by atoms with E-state index < -0.39 is 15.7 Å². The summed E-state index contributed by atoms with van der Waals surface area (Å²) in [5.41, 5.74) is 6.10. The number of rotatable bonds is 4. The molecule has 0 spiro atoms. The maximum Gasteiger partial charge on any atom is 0.182 e. The molecule has 0 aliphatic carbocycles. The summed E-state index contributed by atoms with van der Waals surface area (Å²) >= 11 is 0. The Bertz CT molecular complexity index is 675. The van der Waals surface area contributed by atoms with Crippen molar-refractivity contribution in [1.29, 1.82) is 0 Å². The van der Waals surface area contributed by atoms with Crippen LogP contribution in [-0.4, -0.2) is 18.2 Å². The number of halogens is 1. The number of nitrogens with two attached hydrogens (primary N) is 1. The van der Waals surface area contributed by atoms with Crippen LogP contribution in [0.15, 0.2) is 35.5 Å². The van der Waals surface area contributed by atoms with Crippen molar-refractivity contribution in [3.8, 4) is 0 Å². The van der Waals surface area contributed by atoms with Crippen LogP contribution < -0.4 is 5.73 Å². The molecule has 0 saturated carbocycles. The summed E-state index contributed by atoms with van der Waals surface area (Å²) in [6, 6.07) is 3.30. The zero-order valence-corrected chi connectivity index (χ0v) is 11.2. The highest BCUT2D eigenvalue weighted by Gasteiger charge is 2.18. The minimum Gasteiger partial charge on any atom is -0.399 e. The Morgan fingerprint density at radius 1 is 1.37 bits per heavy atom. The largest absolute Gasteiger partial charge is 0.399 e. The van der Waals surface area contributed by atoms with E-state index in [1.807, 2.05) is 6.92 Å². The third kappa shape index (κ3) is 3.11. The monoisotopic (exact) mass is 283 g/mol. The first-order valence-electron chi connectivity index (χ1n) is 5.71. The molecule has 0 fully saturated rings. The molecule has 0 radical (unpaired) electrons. The summed E-state index contributed by atoms with van der Waals surface area (Å²) in [5.74, 6) is -0.890. The van der Waals surface area contributed by atoms with Gasteiger partial charge >= 0.3 is 0 Å². The third-order valence-corrected chi connectivity index (χ3v) is 4.29. The third-order valence-electron chi connectivity index (χ3n) is 2.62. The average Bonchev–Trinajstić information content (AvgIpc) is 2.74. The minimum atomic E-state index is -3.63. The van der Waals surface area contributed by atoms with E-state index in [0.717, 1.165) is 12.1 Å². The van der Waals surface area contributed by atoms with Crippen molar-refractivity contribution >= 4 is 15.5 Å². The van der Waals surface area contributed by atoms with E-state index >= 15 is 0 Å². The second-order valence-electron chi connectivity index (χ2n) is 4.18. The first-order chi connectivity index (χ1) is 8.90. The highest BCUT2D eigenvalue weighted by Crippen LogP contribution is 2.20. The number of nitrogen functional groups attached to an aromatic ring is 1. The number of anilines is 1. The predicted molar refractivity (Wildman–Crippen MR) is 69.6 cm³/mol. The van der Waals surface area contributed by atoms with Crippen LogP contribution in [0.5, 0.6) is 0 Å². The van der Waals surface area contributed by atoms with Crippen molar-refractivity contribution in [1.82, 2.24) is 9.78 Å². The standard InChI is InChI=1S/C12H14FN3O2S/c1-2-16-7-9(6-15-16)8-19(17,18)12-4-10(13)3-11(14)5-12/h3-7H,2,8,14H2,1H3. The number of hydrogen-bond donors (Lipinski definition) is 1. The lowest BCUT2D eigenvalue weighted by Crippen LogP contribution is -2.06. The van der Waals surface area contributed by atoms with Crippen LogP contribution in [-0.2, 0) is 22.1 Å². The van der Waals surface area contributed by atoms with Gasteiger partial charge in [0.25, 0.3) is 0 Å². The fraction of sp³-hybridized carbons (Fsp3) is 0.250. The van der Waals surface area contributed by atoms with Gasteiger partial charge in [0, 0.05) is 24.0 Å². The fourth-order valence-corrected chi connectivity index (χ4v) is 3.08. The molecular weight excluding hydrogens is 269 g/mol. The normalized spacial score (nSPS) is 11.7. The van der Waals surface area contributed by atoms with Crippen molar-refractivity contribution in [3.05, 3.63) is 42.0 Å². The summed E-state index contributed by atoms with van der Waals surface area (Å²) in [7, 11) is -3.63. The maximum absolute atomic E-state index is 13.2. The summed E-state index contributed by atoms with van der Waals surface area (Å²) in [6.45, 7) is 2.56. The number of benzene rings is 1. The van der Waals surface area contributed by atoms with Gasteiger partial charge in [-0.3, -0.25) is 4.68 Å². The van der Waals surface area contributed by atoms with E-state index in [0.29, 0.717) is 12.1 Å². The van der Waals surface area contributed by atoms with Crippen molar-refractivity contribution in [2.24, 2.45) is 0 Å². The van der Waals surface area contributed by atoms with E-state index in [9.17, 15) is 12.8 Å². The van der Waals surface area contributed by atoms with Crippen molar-refractivity contribution in [2.75, 3.05) is 5.73 Å². The molecule has 7 heteroatoms. The molecule has 0 aliphatic heterocycles. The Morgan fingerprint density at radius 3 is 2.68 bits per heavy atom. The van der Waals surface area contributed by atoms with Gasteiger partial charge in [-0.05, 0) is 25.1 Å². The van der Waals surface area contributed by atoms with Gasteiger partial charge in [-0.25, -0.2) is 12.8 Å². The molecule has 19 heavy (non-hydrogen) atoms. The SMILES string of the molecule is CCn1cc(CS(=O)(=O)c2cc(N)cc(F)c2)cn1. The summed E-state index contributed by atoms with van der Waals surface area (Å²) in [4.78, 5) is -0.116. The molecule has 0 unspecified atom stereocenters. The zero-order chi connectivity index (χ0) is 14.0. The molecule has 1 heterocycles. The Hall–Kier alpha value is -1.89. The lowest BCUT2D eigenvalue weighted by molar-refractivity contribution is 0.590. The van der Waals surface area contributed by atoms with E-state index in [2.05, 4.69) is 5.10 Å². The van der Waals surface area contributed by atoms with E-state index in [1.54, 1.807) is 10.9 Å². The molecule has 102 valence electrons. The number of sulfone groups is 1. The minimum absolute atomic E-state index is 0.0860. The smallest absolute Gasteiger partial charge is 0.182 e. The first-order valence-corrected chi connectivity index (χ1v) is 7.36. The Morgan fingerprint density at radius 2 is 2.11 bits per heavy atom.